The zero-order valence-corrected chi connectivity index (χ0v) is 64.1. The summed E-state index contributed by atoms with van der Waals surface area (Å²) in [6, 6.07) is 0. The first-order valence-electron chi connectivity index (χ1n) is 39.2. The molecule has 0 radical (unpaired) electrons. The molecule has 0 fully saturated rings. The number of phosphoric acid groups is 2. The van der Waals surface area contributed by atoms with Gasteiger partial charge in [0.2, 0.25) is 0 Å². The number of carbonyl (C=O) groups excluding carboxylic acids is 4. The molecule has 3 unspecified atom stereocenters. The number of aliphatic hydroxyl groups is 1. The smallest absolute Gasteiger partial charge is 0.462 e. The molecule has 0 rings (SSSR count). The summed E-state index contributed by atoms with van der Waals surface area (Å²) in [6.07, 6.45) is 50.0. The highest BCUT2D eigenvalue weighted by Crippen LogP contribution is 2.45. The molecule has 3 N–H and O–H groups in total. The summed E-state index contributed by atoms with van der Waals surface area (Å²) in [5.41, 5.74) is 0. The maximum absolute atomic E-state index is 13.1. The second-order valence-electron chi connectivity index (χ2n) is 29.3. The van der Waals surface area contributed by atoms with E-state index in [9.17, 15) is 43.2 Å². The molecule has 0 spiro atoms. The van der Waals surface area contributed by atoms with Gasteiger partial charge < -0.3 is 33.8 Å². The van der Waals surface area contributed by atoms with Crippen molar-refractivity contribution in [3.05, 3.63) is 0 Å². The Balaban J connectivity index is 5.25. The Bertz CT molecular complexity index is 1870. The first-order valence-corrected chi connectivity index (χ1v) is 42.2. The van der Waals surface area contributed by atoms with E-state index in [1.165, 1.54) is 180 Å². The largest absolute Gasteiger partial charge is 0.472 e. The van der Waals surface area contributed by atoms with Crippen LogP contribution in [0.4, 0.5) is 0 Å². The summed E-state index contributed by atoms with van der Waals surface area (Å²) < 4.78 is 68.5. The van der Waals surface area contributed by atoms with Crippen LogP contribution in [0.3, 0.4) is 0 Å². The number of hydrogen-bond donors (Lipinski definition) is 3. The van der Waals surface area contributed by atoms with E-state index in [-0.39, 0.29) is 25.7 Å². The van der Waals surface area contributed by atoms with Crippen LogP contribution >= 0.6 is 15.6 Å². The van der Waals surface area contributed by atoms with Gasteiger partial charge in [0, 0.05) is 25.7 Å². The average molecular weight is 1400 g/mol. The van der Waals surface area contributed by atoms with Crippen LogP contribution in [0.25, 0.3) is 0 Å². The van der Waals surface area contributed by atoms with Crippen molar-refractivity contribution in [2.45, 2.75) is 401 Å². The molecule has 564 valence electrons. The number of aliphatic hydroxyl groups excluding tert-OH is 1. The zero-order valence-electron chi connectivity index (χ0n) is 62.3. The first-order chi connectivity index (χ1) is 45.6. The normalized spacial score (nSPS) is 14.1. The van der Waals surface area contributed by atoms with Gasteiger partial charge in [-0.15, -0.1) is 0 Å². The second-order valence-corrected chi connectivity index (χ2v) is 32.2. The highest BCUT2D eigenvalue weighted by atomic mass is 31.2. The molecule has 0 saturated heterocycles. The third-order valence-corrected chi connectivity index (χ3v) is 19.5. The summed E-state index contributed by atoms with van der Waals surface area (Å²) in [5, 5.41) is 10.6. The van der Waals surface area contributed by atoms with Crippen molar-refractivity contribution in [2.24, 2.45) is 23.7 Å². The van der Waals surface area contributed by atoms with Gasteiger partial charge in [-0.05, 0) is 49.4 Å². The molecule has 0 aromatic heterocycles. The van der Waals surface area contributed by atoms with E-state index in [1.807, 2.05) is 0 Å². The molecule has 95 heavy (non-hydrogen) atoms. The molecule has 0 heterocycles. The molecule has 17 nitrogen and oxygen atoms in total. The summed E-state index contributed by atoms with van der Waals surface area (Å²) in [7, 11) is -9.91. The van der Waals surface area contributed by atoms with Crippen LogP contribution in [-0.4, -0.2) is 96.7 Å². The minimum absolute atomic E-state index is 0.106. The maximum Gasteiger partial charge on any atom is 0.472 e. The van der Waals surface area contributed by atoms with Gasteiger partial charge in [-0.25, -0.2) is 9.13 Å². The van der Waals surface area contributed by atoms with Crippen LogP contribution in [0.5, 0.6) is 0 Å². The van der Waals surface area contributed by atoms with Gasteiger partial charge in [0.15, 0.2) is 12.2 Å². The Morgan fingerprint density at radius 1 is 0.263 bits per heavy atom. The Hall–Kier alpha value is -1.94. The Morgan fingerprint density at radius 2 is 0.442 bits per heavy atom. The first kappa shape index (κ1) is 93.1. The van der Waals surface area contributed by atoms with Crippen molar-refractivity contribution in [1.29, 1.82) is 0 Å². The number of hydrogen-bond acceptors (Lipinski definition) is 15. The topological polar surface area (TPSA) is 237 Å². The molecule has 0 saturated carbocycles. The molecule has 19 heteroatoms. The van der Waals surface area contributed by atoms with E-state index in [4.69, 9.17) is 37.0 Å². The van der Waals surface area contributed by atoms with Crippen molar-refractivity contribution in [1.82, 2.24) is 0 Å². The summed E-state index contributed by atoms with van der Waals surface area (Å²) in [4.78, 5) is 72.8. The lowest BCUT2D eigenvalue weighted by Crippen LogP contribution is -2.30. The summed E-state index contributed by atoms with van der Waals surface area (Å²) >= 11 is 0. The van der Waals surface area contributed by atoms with Crippen molar-refractivity contribution < 1.29 is 80.2 Å². The fraction of sp³-hybridized carbons (Fsp3) is 0.947. The van der Waals surface area contributed by atoms with Crippen LogP contribution < -0.4 is 0 Å². The van der Waals surface area contributed by atoms with Gasteiger partial charge in [0.25, 0.3) is 0 Å². The van der Waals surface area contributed by atoms with Crippen molar-refractivity contribution in [3.8, 4) is 0 Å². The Labute approximate surface area is 581 Å². The van der Waals surface area contributed by atoms with Crippen molar-refractivity contribution >= 4 is 39.5 Å². The van der Waals surface area contributed by atoms with E-state index in [0.717, 1.165) is 114 Å². The molecule has 5 atom stereocenters. The van der Waals surface area contributed by atoms with Gasteiger partial charge in [-0.1, -0.05) is 331 Å². The minimum Gasteiger partial charge on any atom is -0.462 e. The predicted octanol–water partition coefficient (Wildman–Crippen LogP) is 22.0. The molecule has 0 aliphatic rings. The number of rotatable bonds is 73. The molecule has 0 bridgehead atoms. The number of esters is 4. The van der Waals surface area contributed by atoms with Gasteiger partial charge in [0.05, 0.1) is 26.4 Å². The molecular formula is C76H148O17P2. The van der Waals surface area contributed by atoms with Crippen molar-refractivity contribution in [2.75, 3.05) is 39.6 Å². The monoisotopic (exact) mass is 1400 g/mol. The van der Waals surface area contributed by atoms with E-state index in [1.54, 1.807) is 0 Å². The molecule has 0 aromatic rings. The predicted molar refractivity (Wildman–Crippen MR) is 386 cm³/mol. The quantitative estimate of drug-likeness (QED) is 0.0222. The molecule has 0 aromatic carbocycles. The van der Waals surface area contributed by atoms with Gasteiger partial charge in [-0.3, -0.25) is 37.3 Å². The van der Waals surface area contributed by atoms with E-state index in [2.05, 4.69) is 55.4 Å². The van der Waals surface area contributed by atoms with E-state index < -0.39 is 97.5 Å². The van der Waals surface area contributed by atoms with Gasteiger partial charge in [0.1, 0.15) is 19.3 Å². The lowest BCUT2D eigenvalue weighted by Gasteiger charge is -2.21. The standard InChI is InChI=1S/C76H148O17P2/c1-66(2)52-44-36-28-21-15-11-9-10-12-17-25-33-42-50-58-75(80)92-71(62-86-73(78)56-48-40-32-24-20-19-23-30-38-46-54-68(5)6)64-90-94(82,83)88-60-70(77)61-89-95(84,85)91-65-72(63-87-74(79)57-49-41-35-27-31-39-47-55-69(7)8)93-76(81)59-51-43-34-26-18-14-13-16-22-29-37-45-53-67(3)4/h66-72,77H,9-65H2,1-8H3,(H,82,83)(H,84,85)/t70?,71-,72-/m1/s1. The minimum atomic E-state index is -4.96. The number of carbonyl (C=O) groups is 4. The zero-order chi connectivity index (χ0) is 70.3. The third-order valence-electron chi connectivity index (χ3n) is 17.6. The van der Waals surface area contributed by atoms with Crippen LogP contribution in [0, 0.1) is 23.7 Å². The molecule has 0 amide bonds. The van der Waals surface area contributed by atoms with E-state index in [0.29, 0.717) is 31.6 Å². The lowest BCUT2D eigenvalue weighted by atomic mass is 10.0. The van der Waals surface area contributed by atoms with Crippen LogP contribution in [0.1, 0.15) is 383 Å². The van der Waals surface area contributed by atoms with Crippen LogP contribution in [-0.2, 0) is 65.4 Å². The van der Waals surface area contributed by atoms with Gasteiger partial charge >= 0.3 is 39.5 Å². The molecular weight excluding hydrogens is 1250 g/mol. The SMILES string of the molecule is CC(C)CCCCCCCCCCCCCCCCC(=O)O[C@H](COC(=O)CCCCCCCCCCCCC(C)C)COP(=O)(O)OCC(O)COP(=O)(O)OC[C@@H](COC(=O)CCCCCCCCCC(C)C)OC(=O)CCCCCCCCCCCCCCC(C)C. The number of ether oxygens (including phenoxy) is 4. The fourth-order valence-corrected chi connectivity index (χ4v) is 13.1. The molecule has 0 aliphatic carbocycles. The average Bonchev–Trinajstić information content (AvgIpc) is 2.65. The second kappa shape index (κ2) is 65.4. The van der Waals surface area contributed by atoms with Gasteiger partial charge in [-0.2, -0.15) is 0 Å². The number of phosphoric ester groups is 2. The maximum atomic E-state index is 13.1. The Kier molecular flexibility index (Phi) is 64.0. The lowest BCUT2D eigenvalue weighted by molar-refractivity contribution is -0.161. The Morgan fingerprint density at radius 3 is 0.653 bits per heavy atom. The highest BCUT2D eigenvalue weighted by molar-refractivity contribution is 7.47. The summed E-state index contributed by atoms with van der Waals surface area (Å²) in [6.45, 7) is 14.2. The van der Waals surface area contributed by atoms with E-state index >= 15 is 0 Å². The van der Waals surface area contributed by atoms with Crippen molar-refractivity contribution in [3.63, 3.8) is 0 Å². The number of unbranched alkanes of at least 4 members (excludes halogenated alkanes) is 39. The van der Waals surface area contributed by atoms with Crippen LogP contribution in [0.15, 0.2) is 0 Å². The third kappa shape index (κ3) is 70.3. The fourth-order valence-electron chi connectivity index (χ4n) is 11.6. The highest BCUT2D eigenvalue weighted by Gasteiger charge is 2.30. The summed E-state index contributed by atoms with van der Waals surface area (Å²) in [5.74, 6) is 0.915. The molecule has 0 aliphatic heterocycles. The van der Waals surface area contributed by atoms with Crippen LogP contribution in [0.2, 0.25) is 0 Å².